The maximum atomic E-state index is 12.6. The summed E-state index contributed by atoms with van der Waals surface area (Å²) in [6.07, 6.45) is -1.31. The molecule has 1 aliphatic heterocycles. The SMILES string of the molecule is C[C@@H]1CN(C(=O)c2ccc(Oc3ccccc3)cc2)CC(C(=O)O)O1. The van der Waals surface area contributed by atoms with E-state index >= 15 is 0 Å². The topological polar surface area (TPSA) is 76.1 Å². The first kappa shape index (κ1) is 17.0. The number of para-hydroxylation sites is 1. The van der Waals surface area contributed by atoms with Gasteiger partial charge in [-0.3, -0.25) is 4.79 Å². The van der Waals surface area contributed by atoms with E-state index in [0.29, 0.717) is 23.6 Å². The van der Waals surface area contributed by atoms with Crippen LogP contribution in [0.15, 0.2) is 54.6 Å². The number of aliphatic carboxylic acids is 1. The molecule has 1 unspecified atom stereocenters. The van der Waals surface area contributed by atoms with Gasteiger partial charge in [0.1, 0.15) is 11.5 Å². The fraction of sp³-hybridized carbons (Fsp3) is 0.263. The molecule has 1 heterocycles. The molecule has 1 N–H and O–H groups in total. The van der Waals surface area contributed by atoms with Crippen LogP contribution in [-0.4, -0.2) is 47.2 Å². The highest BCUT2D eigenvalue weighted by Crippen LogP contribution is 2.22. The van der Waals surface area contributed by atoms with Crippen LogP contribution < -0.4 is 4.74 Å². The number of hydrogen-bond donors (Lipinski definition) is 1. The van der Waals surface area contributed by atoms with E-state index < -0.39 is 12.1 Å². The summed E-state index contributed by atoms with van der Waals surface area (Å²) in [4.78, 5) is 25.3. The predicted octanol–water partition coefficient (Wildman–Crippen LogP) is 2.79. The van der Waals surface area contributed by atoms with Crippen LogP contribution >= 0.6 is 0 Å². The lowest BCUT2D eigenvalue weighted by atomic mass is 10.1. The molecule has 2 atom stereocenters. The predicted molar refractivity (Wildman–Crippen MR) is 90.8 cm³/mol. The highest BCUT2D eigenvalue weighted by atomic mass is 16.5. The van der Waals surface area contributed by atoms with Crippen molar-refractivity contribution in [3.05, 3.63) is 60.2 Å². The zero-order valence-corrected chi connectivity index (χ0v) is 13.8. The lowest BCUT2D eigenvalue weighted by Gasteiger charge is -2.35. The Hall–Kier alpha value is -2.86. The van der Waals surface area contributed by atoms with E-state index in [2.05, 4.69) is 0 Å². The van der Waals surface area contributed by atoms with Crippen molar-refractivity contribution in [2.24, 2.45) is 0 Å². The maximum absolute atomic E-state index is 12.6. The zero-order chi connectivity index (χ0) is 17.8. The number of amides is 1. The van der Waals surface area contributed by atoms with E-state index in [1.165, 1.54) is 4.90 Å². The quantitative estimate of drug-likeness (QED) is 0.925. The van der Waals surface area contributed by atoms with Crippen LogP contribution in [0.1, 0.15) is 17.3 Å². The van der Waals surface area contributed by atoms with Crippen LogP contribution in [0.3, 0.4) is 0 Å². The van der Waals surface area contributed by atoms with Crippen molar-refractivity contribution in [2.75, 3.05) is 13.1 Å². The first-order chi connectivity index (χ1) is 12.0. The number of carbonyl (C=O) groups is 2. The molecule has 130 valence electrons. The van der Waals surface area contributed by atoms with E-state index in [9.17, 15) is 9.59 Å². The van der Waals surface area contributed by atoms with Crippen LogP contribution in [0.2, 0.25) is 0 Å². The molecule has 0 aliphatic carbocycles. The lowest BCUT2D eigenvalue weighted by molar-refractivity contribution is -0.160. The molecule has 1 fully saturated rings. The number of carboxylic acid groups (broad SMARTS) is 1. The van der Waals surface area contributed by atoms with Crippen LogP contribution in [-0.2, 0) is 9.53 Å². The van der Waals surface area contributed by atoms with Gasteiger partial charge in [-0.05, 0) is 43.3 Å². The van der Waals surface area contributed by atoms with Gasteiger partial charge in [-0.1, -0.05) is 18.2 Å². The molecule has 0 bridgehead atoms. The van der Waals surface area contributed by atoms with Gasteiger partial charge in [0.15, 0.2) is 6.10 Å². The molecule has 1 saturated heterocycles. The molecule has 2 aromatic rings. The van der Waals surface area contributed by atoms with E-state index in [0.717, 1.165) is 0 Å². The standard InChI is InChI=1S/C19H19NO5/c1-13-11-20(12-17(24-13)19(22)23)18(21)14-7-9-16(10-8-14)25-15-5-3-2-4-6-15/h2-10,13,17H,11-12H2,1H3,(H,22,23)/t13-,17?/m1/s1. The summed E-state index contributed by atoms with van der Waals surface area (Å²) in [5, 5.41) is 9.12. The van der Waals surface area contributed by atoms with Crippen molar-refractivity contribution < 1.29 is 24.2 Å². The largest absolute Gasteiger partial charge is 0.479 e. The molecule has 0 saturated carbocycles. The zero-order valence-electron chi connectivity index (χ0n) is 13.8. The van der Waals surface area contributed by atoms with Gasteiger partial charge in [-0.15, -0.1) is 0 Å². The summed E-state index contributed by atoms with van der Waals surface area (Å²) in [5.41, 5.74) is 0.485. The van der Waals surface area contributed by atoms with Gasteiger partial charge in [-0.25, -0.2) is 4.79 Å². The van der Waals surface area contributed by atoms with Gasteiger partial charge in [0.05, 0.1) is 12.6 Å². The van der Waals surface area contributed by atoms with Gasteiger partial charge in [-0.2, -0.15) is 0 Å². The Balaban J connectivity index is 1.69. The number of nitrogens with zero attached hydrogens (tertiary/aromatic N) is 1. The third-order valence-corrected chi connectivity index (χ3v) is 3.90. The third-order valence-electron chi connectivity index (χ3n) is 3.90. The number of carbonyl (C=O) groups excluding carboxylic acids is 1. The second-order valence-corrected chi connectivity index (χ2v) is 5.92. The molecule has 0 aromatic heterocycles. The third kappa shape index (κ3) is 4.16. The van der Waals surface area contributed by atoms with Gasteiger partial charge in [0.2, 0.25) is 0 Å². The van der Waals surface area contributed by atoms with E-state index in [-0.39, 0.29) is 18.6 Å². The second-order valence-electron chi connectivity index (χ2n) is 5.92. The number of morpholine rings is 1. The minimum absolute atomic E-state index is 0.0424. The number of benzene rings is 2. The van der Waals surface area contributed by atoms with Crippen molar-refractivity contribution in [1.29, 1.82) is 0 Å². The Labute approximate surface area is 145 Å². The Kier molecular flexibility index (Phi) is 5.00. The van der Waals surface area contributed by atoms with Gasteiger partial charge >= 0.3 is 5.97 Å². The van der Waals surface area contributed by atoms with Crippen molar-refractivity contribution in [1.82, 2.24) is 4.90 Å². The van der Waals surface area contributed by atoms with Crippen molar-refractivity contribution in [2.45, 2.75) is 19.1 Å². The molecule has 3 rings (SSSR count). The number of carboxylic acids is 1. The Morgan fingerprint density at radius 3 is 2.32 bits per heavy atom. The average Bonchev–Trinajstić information content (AvgIpc) is 2.62. The molecule has 0 radical (unpaired) electrons. The highest BCUT2D eigenvalue weighted by Gasteiger charge is 2.32. The van der Waals surface area contributed by atoms with Gasteiger partial charge in [0.25, 0.3) is 5.91 Å². The van der Waals surface area contributed by atoms with E-state index in [1.807, 2.05) is 30.3 Å². The lowest BCUT2D eigenvalue weighted by Crippen LogP contribution is -2.51. The van der Waals surface area contributed by atoms with Crippen LogP contribution in [0.25, 0.3) is 0 Å². The molecule has 1 aliphatic rings. The summed E-state index contributed by atoms with van der Waals surface area (Å²) >= 11 is 0. The second kappa shape index (κ2) is 7.36. The summed E-state index contributed by atoms with van der Waals surface area (Å²) in [6.45, 7) is 2.16. The van der Waals surface area contributed by atoms with E-state index in [1.54, 1.807) is 31.2 Å². The van der Waals surface area contributed by atoms with Crippen LogP contribution in [0, 0.1) is 0 Å². The molecule has 1 amide bonds. The minimum Gasteiger partial charge on any atom is -0.479 e. The Morgan fingerprint density at radius 1 is 1.04 bits per heavy atom. The van der Waals surface area contributed by atoms with Crippen LogP contribution in [0.4, 0.5) is 0 Å². The summed E-state index contributed by atoms with van der Waals surface area (Å²) in [6, 6.07) is 16.2. The Morgan fingerprint density at radius 2 is 1.68 bits per heavy atom. The van der Waals surface area contributed by atoms with Gasteiger partial charge in [0, 0.05) is 12.1 Å². The molecule has 2 aromatic carbocycles. The smallest absolute Gasteiger partial charge is 0.334 e. The highest BCUT2D eigenvalue weighted by molar-refractivity contribution is 5.94. The number of ether oxygens (including phenoxy) is 2. The normalized spacial score (nSPS) is 20.1. The molecular formula is C19H19NO5. The van der Waals surface area contributed by atoms with Crippen molar-refractivity contribution in [3.63, 3.8) is 0 Å². The van der Waals surface area contributed by atoms with Crippen LogP contribution in [0.5, 0.6) is 11.5 Å². The van der Waals surface area contributed by atoms with E-state index in [4.69, 9.17) is 14.6 Å². The molecular weight excluding hydrogens is 322 g/mol. The Bertz CT molecular complexity index is 744. The maximum Gasteiger partial charge on any atom is 0.334 e. The monoisotopic (exact) mass is 341 g/mol. The molecule has 25 heavy (non-hydrogen) atoms. The number of rotatable bonds is 4. The summed E-state index contributed by atoms with van der Waals surface area (Å²) < 4.78 is 11.0. The summed E-state index contributed by atoms with van der Waals surface area (Å²) in [5.74, 6) is 0.0676. The minimum atomic E-state index is -1.06. The molecule has 6 heteroatoms. The first-order valence-electron chi connectivity index (χ1n) is 8.03. The molecule has 0 spiro atoms. The van der Waals surface area contributed by atoms with Gasteiger partial charge < -0.3 is 19.5 Å². The average molecular weight is 341 g/mol. The summed E-state index contributed by atoms with van der Waals surface area (Å²) in [7, 11) is 0. The van der Waals surface area contributed by atoms with Crippen molar-refractivity contribution >= 4 is 11.9 Å². The fourth-order valence-corrected chi connectivity index (χ4v) is 2.73. The number of hydrogen-bond acceptors (Lipinski definition) is 4. The van der Waals surface area contributed by atoms with Crippen molar-refractivity contribution in [3.8, 4) is 11.5 Å². The molecule has 6 nitrogen and oxygen atoms in total. The first-order valence-corrected chi connectivity index (χ1v) is 8.03. The fourth-order valence-electron chi connectivity index (χ4n) is 2.73.